The third-order valence-electron chi connectivity index (χ3n) is 4.52. The lowest BCUT2D eigenvalue weighted by Crippen LogP contribution is -2.47. The van der Waals surface area contributed by atoms with Gasteiger partial charge in [0.05, 0.1) is 24.4 Å². The number of nitrogens with one attached hydrogen (secondary N) is 2. The van der Waals surface area contributed by atoms with E-state index in [1.54, 1.807) is 23.1 Å². The Morgan fingerprint density at radius 2 is 1.85 bits per heavy atom. The molecule has 1 heterocycles. The molecule has 2 N–H and O–H groups in total. The van der Waals surface area contributed by atoms with Gasteiger partial charge in [-0.15, -0.1) is 0 Å². The maximum absolute atomic E-state index is 12.8. The van der Waals surface area contributed by atoms with Gasteiger partial charge in [0.25, 0.3) is 0 Å². The summed E-state index contributed by atoms with van der Waals surface area (Å²) in [7, 11) is 1.54. The molecule has 0 radical (unpaired) electrons. The SMILES string of the molecule is COc1ccc(NC(C)=O)c(NC(=O)C2CCCN(C(=O)C(C)(C)C)C2)c1. The highest BCUT2D eigenvalue weighted by Gasteiger charge is 2.33. The zero-order valence-electron chi connectivity index (χ0n) is 16.7. The Labute approximate surface area is 160 Å². The first-order valence-corrected chi connectivity index (χ1v) is 9.17. The summed E-state index contributed by atoms with van der Waals surface area (Å²) in [5.74, 6) is -0.0501. The Kier molecular flexibility index (Phi) is 6.46. The Morgan fingerprint density at radius 1 is 1.15 bits per heavy atom. The molecule has 0 aromatic heterocycles. The molecule has 7 nitrogen and oxygen atoms in total. The van der Waals surface area contributed by atoms with Crippen molar-refractivity contribution in [1.82, 2.24) is 4.90 Å². The summed E-state index contributed by atoms with van der Waals surface area (Å²) < 4.78 is 5.21. The number of ether oxygens (including phenoxy) is 1. The van der Waals surface area contributed by atoms with E-state index in [2.05, 4.69) is 10.6 Å². The van der Waals surface area contributed by atoms with Crippen LogP contribution in [0.25, 0.3) is 0 Å². The van der Waals surface area contributed by atoms with E-state index in [0.717, 1.165) is 12.8 Å². The van der Waals surface area contributed by atoms with Crippen molar-refractivity contribution in [2.24, 2.45) is 11.3 Å². The number of rotatable bonds is 4. The number of anilines is 2. The van der Waals surface area contributed by atoms with Crippen LogP contribution in [0.5, 0.6) is 5.75 Å². The van der Waals surface area contributed by atoms with Crippen LogP contribution in [0.2, 0.25) is 0 Å². The van der Waals surface area contributed by atoms with Crippen LogP contribution >= 0.6 is 0 Å². The molecule has 1 aliphatic rings. The zero-order valence-corrected chi connectivity index (χ0v) is 16.7. The van der Waals surface area contributed by atoms with Gasteiger partial charge in [0.15, 0.2) is 0 Å². The van der Waals surface area contributed by atoms with Crippen molar-refractivity contribution in [3.8, 4) is 5.75 Å². The second-order valence-corrected chi connectivity index (χ2v) is 7.92. The first kappa shape index (κ1) is 20.7. The van der Waals surface area contributed by atoms with Crippen molar-refractivity contribution >= 4 is 29.1 Å². The Bertz CT molecular complexity index is 724. The molecule has 2 rings (SSSR count). The van der Waals surface area contributed by atoms with E-state index in [-0.39, 0.29) is 23.6 Å². The van der Waals surface area contributed by atoms with Gasteiger partial charge in [-0.1, -0.05) is 20.8 Å². The number of hydrogen-bond donors (Lipinski definition) is 2. The normalized spacial score (nSPS) is 17.2. The van der Waals surface area contributed by atoms with Crippen LogP contribution in [-0.4, -0.2) is 42.8 Å². The molecule has 1 fully saturated rings. The van der Waals surface area contributed by atoms with Crippen molar-refractivity contribution in [2.75, 3.05) is 30.8 Å². The molecule has 1 aromatic rings. The summed E-state index contributed by atoms with van der Waals surface area (Å²) in [6, 6.07) is 5.07. The minimum atomic E-state index is -0.469. The first-order valence-electron chi connectivity index (χ1n) is 9.17. The quantitative estimate of drug-likeness (QED) is 0.847. The van der Waals surface area contributed by atoms with E-state index in [1.807, 2.05) is 20.8 Å². The molecule has 7 heteroatoms. The predicted molar refractivity (Wildman–Crippen MR) is 105 cm³/mol. The second-order valence-electron chi connectivity index (χ2n) is 7.92. The highest BCUT2D eigenvalue weighted by Crippen LogP contribution is 2.29. The van der Waals surface area contributed by atoms with Gasteiger partial charge >= 0.3 is 0 Å². The molecule has 148 valence electrons. The van der Waals surface area contributed by atoms with E-state index in [0.29, 0.717) is 30.2 Å². The third kappa shape index (κ3) is 5.45. The van der Waals surface area contributed by atoms with Crippen molar-refractivity contribution in [2.45, 2.75) is 40.5 Å². The minimum absolute atomic E-state index is 0.0558. The topological polar surface area (TPSA) is 87.7 Å². The van der Waals surface area contributed by atoms with Gasteiger partial charge < -0.3 is 20.3 Å². The lowest BCUT2D eigenvalue weighted by atomic mass is 9.91. The maximum Gasteiger partial charge on any atom is 0.229 e. The molecule has 0 spiro atoms. The van der Waals surface area contributed by atoms with E-state index in [4.69, 9.17) is 4.74 Å². The van der Waals surface area contributed by atoms with Gasteiger partial charge in [-0.3, -0.25) is 14.4 Å². The summed E-state index contributed by atoms with van der Waals surface area (Å²) in [5.41, 5.74) is 0.521. The summed E-state index contributed by atoms with van der Waals surface area (Å²) in [4.78, 5) is 38.5. The van der Waals surface area contributed by atoms with E-state index in [9.17, 15) is 14.4 Å². The van der Waals surface area contributed by atoms with Gasteiger partial charge in [-0.25, -0.2) is 0 Å². The fraction of sp³-hybridized carbons (Fsp3) is 0.550. The zero-order chi connectivity index (χ0) is 20.2. The van der Waals surface area contributed by atoms with Crippen molar-refractivity contribution in [1.29, 1.82) is 0 Å². The smallest absolute Gasteiger partial charge is 0.229 e. The van der Waals surface area contributed by atoms with Crippen LogP contribution in [0.1, 0.15) is 40.5 Å². The van der Waals surface area contributed by atoms with Gasteiger partial charge in [-0.05, 0) is 25.0 Å². The number of benzene rings is 1. The average Bonchev–Trinajstić information content (AvgIpc) is 2.61. The standard InChI is InChI=1S/C20H29N3O4/c1-13(24)21-16-9-8-15(27-5)11-17(16)22-18(25)14-7-6-10-23(12-14)19(26)20(2,3)4/h8-9,11,14H,6-7,10,12H2,1-5H3,(H,21,24)(H,22,25). The maximum atomic E-state index is 12.8. The number of hydrogen-bond acceptors (Lipinski definition) is 4. The van der Waals surface area contributed by atoms with Crippen LogP contribution in [0, 0.1) is 11.3 Å². The van der Waals surface area contributed by atoms with Crippen LogP contribution in [-0.2, 0) is 14.4 Å². The molecule has 3 amide bonds. The van der Waals surface area contributed by atoms with E-state index >= 15 is 0 Å². The molecule has 27 heavy (non-hydrogen) atoms. The molecule has 0 saturated carbocycles. The highest BCUT2D eigenvalue weighted by atomic mass is 16.5. The number of amides is 3. The van der Waals surface area contributed by atoms with Gasteiger partial charge in [0.1, 0.15) is 5.75 Å². The molecular formula is C20H29N3O4. The molecule has 0 aliphatic carbocycles. The van der Waals surface area contributed by atoms with Crippen molar-refractivity contribution < 1.29 is 19.1 Å². The molecular weight excluding hydrogens is 346 g/mol. The summed E-state index contributed by atoms with van der Waals surface area (Å²) in [6.07, 6.45) is 1.51. The van der Waals surface area contributed by atoms with Crippen LogP contribution < -0.4 is 15.4 Å². The summed E-state index contributed by atoms with van der Waals surface area (Å²) >= 11 is 0. The van der Waals surface area contributed by atoms with Crippen LogP contribution in [0.3, 0.4) is 0 Å². The first-order chi connectivity index (χ1) is 12.6. The average molecular weight is 375 g/mol. The summed E-state index contributed by atoms with van der Waals surface area (Å²) in [5, 5.41) is 5.59. The molecule has 0 bridgehead atoms. The van der Waals surface area contributed by atoms with E-state index < -0.39 is 5.41 Å². The van der Waals surface area contributed by atoms with Crippen LogP contribution in [0.15, 0.2) is 18.2 Å². The third-order valence-corrected chi connectivity index (χ3v) is 4.52. The largest absolute Gasteiger partial charge is 0.497 e. The summed E-state index contributed by atoms with van der Waals surface area (Å²) in [6.45, 7) is 8.14. The number of carbonyl (C=O) groups is 3. The molecule has 1 atom stereocenters. The number of nitrogens with zero attached hydrogens (tertiary/aromatic N) is 1. The van der Waals surface area contributed by atoms with E-state index in [1.165, 1.54) is 14.0 Å². The van der Waals surface area contributed by atoms with Gasteiger partial charge in [0.2, 0.25) is 17.7 Å². The second kappa shape index (κ2) is 8.41. The Balaban J connectivity index is 2.14. The number of methoxy groups -OCH3 is 1. The molecule has 1 aromatic carbocycles. The number of likely N-dealkylation sites (tertiary alicyclic amines) is 1. The fourth-order valence-corrected chi connectivity index (χ4v) is 3.14. The van der Waals surface area contributed by atoms with Crippen molar-refractivity contribution in [3.05, 3.63) is 18.2 Å². The number of piperidine rings is 1. The van der Waals surface area contributed by atoms with Crippen LogP contribution in [0.4, 0.5) is 11.4 Å². The lowest BCUT2D eigenvalue weighted by molar-refractivity contribution is -0.142. The Morgan fingerprint density at radius 3 is 2.44 bits per heavy atom. The molecule has 1 saturated heterocycles. The minimum Gasteiger partial charge on any atom is -0.497 e. The molecule has 1 unspecified atom stereocenters. The van der Waals surface area contributed by atoms with Gasteiger partial charge in [-0.2, -0.15) is 0 Å². The predicted octanol–water partition coefficient (Wildman–Crippen LogP) is 2.88. The monoisotopic (exact) mass is 375 g/mol. The molecule has 1 aliphatic heterocycles. The Hall–Kier alpha value is -2.57. The number of carbonyl (C=O) groups excluding carboxylic acids is 3. The lowest BCUT2D eigenvalue weighted by Gasteiger charge is -2.36. The van der Waals surface area contributed by atoms with Crippen molar-refractivity contribution in [3.63, 3.8) is 0 Å². The van der Waals surface area contributed by atoms with Gasteiger partial charge in [0, 0.05) is 31.5 Å². The highest BCUT2D eigenvalue weighted by molar-refractivity contribution is 6.00. The fourth-order valence-electron chi connectivity index (χ4n) is 3.14.